The molecule has 218 valence electrons. The highest BCUT2D eigenvalue weighted by atomic mass is 32.2. The van der Waals surface area contributed by atoms with E-state index >= 15 is 0 Å². The van der Waals surface area contributed by atoms with Gasteiger partial charge in [0.15, 0.2) is 0 Å². The zero-order valence-corrected chi connectivity index (χ0v) is 23.1. The second kappa shape index (κ2) is 15.7. The van der Waals surface area contributed by atoms with Gasteiger partial charge < -0.3 is 42.1 Å². The summed E-state index contributed by atoms with van der Waals surface area (Å²) in [7, 11) is 0. The number of phenols is 2. The quantitative estimate of drug-likeness (QED) is 0.141. The van der Waals surface area contributed by atoms with Crippen LogP contribution in [-0.2, 0) is 32.0 Å². The maximum atomic E-state index is 13.1. The lowest BCUT2D eigenvalue weighted by Gasteiger charge is -2.26. The number of amides is 3. The first kappa shape index (κ1) is 32.4. The van der Waals surface area contributed by atoms with Gasteiger partial charge in [-0.05, 0) is 67.2 Å². The first-order chi connectivity index (χ1) is 18.9. The maximum absolute atomic E-state index is 13.1. The topological polar surface area (TPSA) is 211 Å². The molecule has 0 heterocycles. The molecule has 0 radical (unpaired) electrons. The fourth-order valence-corrected chi connectivity index (χ4v) is 4.22. The number of hydrogen-bond donors (Lipinski definition) is 8. The lowest BCUT2D eigenvalue weighted by Crippen LogP contribution is -2.60. The fourth-order valence-electron chi connectivity index (χ4n) is 3.75. The molecule has 0 saturated heterocycles. The molecule has 5 atom stereocenters. The molecule has 13 heteroatoms. The Balaban J connectivity index is 2.09. The third kappa shape index (κ3) is 10.4. The SMILES string of the molecule is CSCCC(NC(=O)C(NC(=O)C(N)Cc1ccc(O)cc1)C(C)O)C(=O)NC(Cc1ccc(O)cc1)C(=O)O. The number of rotatable bonds is 15. The fraction of sp³-hybridized carbons (Fsp3) is 0.407. The standard InChI is InChI=1S/C27H36N4O8S/c1-15(32)23(31-24(35)20(28)13-16-3-7-18(33)8-4-16)26(37)29-21(11-12-40-2)25(36)30-22(27(38)39)14-17-5-9-19(34)10-6-17/h3-10,15,20-23,32-34H,11-14,28H2,1-2H3,(H,29,37)(H,30,36)(H,31,35)(H,38,39). The van der Waals surface area contributed by atoms with Gasteiger partial charge in [-0.1, -0.05) is 24.3 Å². The number of phenolic OH excluding ortho intramolecular Hbond substituents is 2. The van der Waals surface area contributed by atoms with Gasteiger partial charge in [0.25, 0.3) is 0 Å². The summed E-state index contributed by atoms with van der Waals surface area (Å²) >= 11 is 1.41. The molecular formula is C27H36N4O8S. The number of aliphatic carboxylic acids is 1. The number of aliphatic hydroxyl groups excluding tert-OH is 1. The summed E-state index contributed by atoms with van der Waals surface area (Å²) in [4.78, 5) is 50.7. The molecule has 0 fully saturated rings. The predicted octanol–water partition coefficient (Wildman–Crippen LogP) is -0.117. The molecule has 0 bridgehead atoms. The lowest BCUT2D eigenvalue weighted by molar-refractivity contribution is -0.142. The van der Waals surface area contributed by atoms with E-state index in [1.54, 1.807) is 18.4 Å². The predicted molar refractivity (Wildman–Crippen MR) is 150 cm³/mol. The van der Waals surface area contributed by atoms with Crippen LogP contribution in [0.1, 0.15) is 24.5 Å². The Bertz CT molecular complexity index is 1140. The van der Waals surface area contributed by atoms with E-state index in [1.165, 1.54) is 55.1 Å². The zero-order valence-electron chi connectivity index (χ0n) is 22.2. The van der Waals surface area contributed by atoms with E-state index in [9.17, 15) is 39.6 Å². The van der Waals surface area contributed by atoms with E-state index in [0.29, 0.717) is 16.9 Å². The van der Waals surface area contributed by atoms with Gasteiger partial charge in [-0.2, -0.15) is 11.8 Å². The highest BCUT2D eigenvalue weighted by Crippen LogP contribution is 2.13. The summed E-state index contributed by atoms with van der Waals surface area (Å²) in [5.74, 6) is -3.05. The van der Waals surface area contributed by atoms with E-state index in [2.05, 4.69) is 16.0 Å². The van der Waals surface area contributed by atoms with E-state index in [0.717, 1.165) is 0 Å². The van der Waals surface area contributed by atoms with E-state index < -0.39 is 54.0 Å². The number of carbonyl (C=O) groups is 4. The number of carboxylic acids is 1. The van der Waals surface area contributed by atoms with Crippen molar-refractivity contribution < 1.29 is 39.6 Å². The van der Waals surface area contributed by atoms with Crippen LogP contribution in [0.15, 0.2) is 48.5 Å². The van der Waals surface area contributed by atoms with Crippen LogP contribution in [0.5, 0.6) is 11.5 Å². The minimum Gasteiger partial charge on any atom is -0.508 e. The van der Waals surface area contributed by atoms with Gasteiger partial charge in [0.1, 0.15) is 29.6 Å². The molecule has 2 aromatic rings. The van der Waals surface area contributed by atoms with Crippen molar-refractivity contribution in [1.29, 1.82) is 0 Å². The van der Waals surface area contributed by atoms with Crippen molar-refractivity contribution in [1.82, 2.24) is 16.0 Å². The lowest BCUT2D eigenvalue weighted by atomic mass is 10.0. The van der Waals surface area contributed by atoms with Crippen molar-refractivity contribution in [2.45, 2.75) is 56.5 Å². The van der Waals surface area contributed by atoms with Crippen LogP contribution in [0.2, 0.25) is 0 Å². The van der Waals surface area contributed by atoms with Crippen molar-refractivity contribution in [2.24, 2.45) is 5.73 Å². The minimum absolute atomic E-state index is 0.0144. The molecule has 0 aliphatic rings. The minimum atomic E-state index is -1.43. The molecule has 40 heavy (non-hydrogen) atoms. The van der Waals surface area contributed by atoms with Crippen LogP contribution < -0.4 is 21.7 Å². The largest absolute Gasteiger partial charge is 0.508 e. The van der Waals surface area contributed by atoms with Gasteiger partial charge in [-0.15, -0.1) is 0 Å². The third-order valence-electron chi connectivity index (χ3n) is 6.03. The molecular weight excluding hydrogens is 540 g/mol. The number of nitrogens with one attached hydrogen (secondary N) is 3. The average molecular weight is 577 g/mol. The number of aromatic hydroxyl groups is 2. The van der Waals surface area contributed by atoms with Crippen molar-refractivity contribution in [3.63, 3.8) is 0 Å². The molecule has 2 aromatic carbocycles. The molecule has 0 saturated carbocycles. The molecule has 5 unspecified atom stereocenters. The van der Waals surface area contributed by atoms with Crippen LogP contribution in [0.4, 0.5) is 0 Å². The summed E-state index contributed by atoms with van der Waals surface area (Å²) in [5.41, 5.74) is 7.22. The smallest absolute Gasteiger partial charge is 0.326 e. The molecule has 0 aliphatic heterocycles. The van der Waals surface area contributed by atoms with Crippen molar-refractivity contribution in [3.05, 3.63) is 59.7 Å². The highest BCUT2D eigenvalue weighted by molar-refractivity contribution is 7.98. The highest BCUT2D eigenvalue weighted by Gasteiger charge is 2.32. The molecule has 0 aromatic heterocycles. The second-order valence-electron chi connectivity index (χ2n) is 9.32. The molecule has 0 aliphatic carbocycles. The number of benzene rings is 2. The van der Waals surface area contributed by atoms with Gasteiger partial charge in [-0.3, -0.25) is 14.4 Å². The first-order valence-corrected chi connectivity index (χ1v) is 13.9. The Labute approximate surface area is 236 Å². The second-order valence-corrected chi connectivity index (χ2v) is 10.3. The van der Waals surface area contributed by atoms with Gasteiger partial charge in [0.2, 0.25) is 17.7 Å². The zero-order chi connectivity index (χ0) is 29.8. The number of nitrogens with two attached hydrogens (primary N) is 1. The molecule has 0 spiro atoms. The molecule has 3 amide bonds. The van der Waals surface area contributed by atoms with E-state index in [1.807, 2.05) is 0 Å². The third-order valence-corrected chi connectivity index (χ3v) is 6.67. The number of hydrogen-bond acceptors (Lipinski definition) is 9. The monoisotopic (exact) mass is 576 g/mol. The van der Waals surface area contributed by atoms with Crippen molar-refractivity contribution in [2.75, 3.05) is 12.0 Å². The maximum Gasteiger partial charge on any atom is 0.326 e. The number of carboxylic acid groups (broad SMARTS) is 1. The Morgan fingerprint density at radius 2 is 1.30 bits per heavy atom. The van der Waals surface area contributed by atoms with Gasteiger partial charge >= 0.3 is 5.97 Å². The number of thioether (sulfide) groups is 1. The molecule has 12 nitrogen and oxygen atoms in total. The summed E-state index contributed by atoms with van der Waals surface area (Å²) in [6.45, 7) is 1.30. The summed E-state index contributed by atoms with van der Waals surface area (Å²) < 4.78 is 0. The Morgan fingerprint density at radius 3 is 1.77 bits per heavy atom. The molecule has 2 rings (SSSR count). The summed E-state index contributed by atoms with van der Waals surface area (Å²) in [6.07, 6.45) is 0.670. The van der Waals surface area contributed by atoms with Crippen LogP contribution in [0, 0.1) is 0 Å². The first-order valence-electron chi connectivity index (χ1n) is 12.5. The van der Waals surface area contributed by atoms with Crippen molar-refractivity contribution in [3.8, 4) is 11.5 Å². The van der Waals surface area contributed by atoms with E-state index in [4.69, 9.17) is 5.73 Å². The Kier molecular flexibility index (Phi) is 12.7. The van der Waals surface area contributed by atoms with Crippen LogP contribution >= 0.6 is 11.8 Å². The summed E-state index contributed by atoms with van der Waals surface area (Å²) in [5, 5.41) is 46.1. The van der Waals surface area contributed by atoms with Gasteiger partial charge in [0.05, 0.1) is 12.1 Å². The van der Waals surface area contributed by atoms with E-state index in [-0.39, 0.29) is 30.8 Å². The number of aliphatic hydroxyl groups is 1. The van der Waals surface area contributed by atoms with Crippen LogP contribution in [0.25, 0.3) is 0 Å². The van der Waals surface area contributed by atoms with Gasteiger partial charge in [0, 0.05) is 6.42 Å². The van der Waals surface area contributed by atoms with Crippen molar-refractivity contribution >= 4 is 35.5 Å². The Hall–Kier alpha value is -3.81. The number of carbonyl (C=O) groups excluding carboxylic acids is 3. The summed E-state index contributed by atoms with van der Waals surface area (Å²) in [6, 6.07) is 7.01. The normalized spacial score (nSPS) is 14.7. The average Bonchev–Trinajstić information content (AvgIpc) is 2.90. The van der Waals surface area contributed by atoms with Crippen LogP contribution in [-0.4, -0.2) is 86.4 Å². The Morgan fingerprint density at radius 1 is 0.800 bits per heavy atom. The van der Waals surface area contributed by atoms with Crippen LogP contribution in [0.3, 0.4) is 0 Å². The van der Waals surface area contributed by atoms with Gasteiger partial charge in [-0.25, -0.2) is 4.79 Å². The molecule has 9 N–H and O–H groups in total.